The lowest BCUT2D eigenvalue weighted by molar-refractivity contribution is -0.0716. The Morgan fingerprint density at radius 2 is 1.95 bits per heavy atom. The quantitative estimate of drug-likeness (QED) is 0.923. The van der Waals surface area contributed by atoms with Crippen molar-refractivity contribution in [2.75, 3.05) is 5.32 Å². The topological polar surface area (TPSA) is 60.5 Å². The average molecular weight is 296 g/mol. The van der Waals surface area contributed by atoms with E-state index in [4.69, 9.17) is 9.47 Å². The van der Waals surface area contributed by atoms with E-state index in [1.54, 1.807) is 18.3 Å². The third-order valence-electron chi connectivity index (χ3n) is 4.08. The van der Waals surface area contributed by atoms with E-state index < -0.39 is 5.79 Å². The van der Waals surface area contributed by atoms with Gasteiger partial charge in [0.05, 0.1) is 5.56 Å². The minimum atomic E-state index is -0.478. The Morgan fingerprint density at radius 1 is 1.14 bits per heavy atom. The molecule has 0 unspecified atom stereocenters. The highest BCUT2D eigenvalue weighted by Gasteiger charge is 2.44. The SMILES string of the molecule is O=C(Nc1ccc2c(c1)OC1(CCCC1)O2)c1cccnc1. The Morgan fingerprint density at radius 3 is 2.73 bits per heavy atom. The van der Waals surface area contributed by atoms with Crippen molar-refractivity contribution in [2.45, 2.75) is 31.5 Å². The molecule has 112 valence electrons. The highest BCUT2D eigenvalue weighted by Crippen LogP contribution is 2.47. The zero-order valence-corrected chi connectivity index (χ0v) is 12.0. The molecule has 1 amide bonds. The van der Waals surface area contributed by atoms with Crippen LogP contribution in [-0.2, 0) is 0 Å². The monoisotopic (exact) mass is 296 g/mol. The number of aromatic nitrogens is 1. The number of benzene rings is 1. The number of fused-ring (bicyclic) bond motifs is 1. The second-order valence-corrected chi connectivity index (χ2v) is 5.68. The van der Waals surface area contributed by atoms with Crippen molar-refractivity contribution < 1.29 is 14.3 Å². The maximum Gasteiger partial charge on any atom is 0.257 e. The molecule has 1 aliphatic carbocycles. The zero-order chi connectivity index (χ0) is 15.0. The van der Waals surface area contributed by atoms with Crippen LogP contribution in [-0.4, -0.2) is 16.7 Å². The number of ether oxygens (including phenoxy) is 2. The number of rotatable bonds is 2. The van der Waals surface area contributed by atoms with Crippen LogP contribution < -0.4 is 14.8 Å². The third-order valence-corrected chi connectivity index (χ3v) is 4.08. The van der Waals surface area contributed by atoms with Gasteiger partial charge in [0.2, 0.25) is 0 Å². The van der Waals surface area contributed by atoms with Gasteiger partial charge in [-0.15, -0.1) is 0 Å². The molecule has 1 aromatic carbocycles. The molecule has 0 atom stereocenters. The van der Waals surface area contributed by atoms with Crippen LogP contribution in [0.3, 0.4) is 0 Å². The fourth-order valence-corrected chi connectivity index (χ4v) is 2.99. The molecule has 0 bridgehead atoms. The summed E-state index contributed by atoms with van der Waals surface area (Å²) in [7, 11) is 0. The maximum atomic E-state index is 12.1. The molecule has 1 aliphatic heterocycles. The Balaban J connectivity index is 1.53. The molecule has 1 fully saturated rings. The molecule has 5 nitrogen and oxygen atoms in total. The van der Waals surface area contributed by atoms with Gasteiger partial charge in [0.25, 0.3) is 11.7 Å². The van der Waals surface area contributed by atoms with Gasteiger partial charge in [-0.3, -0.25) is 9.78 Å². The summed E-state index contributed by atoms with van der Waals surface area (Å²) in [5.41, 5.74) is 1.21. The number of hydrogen-bond acceptors (Lipinski definition) is 4. The minimum Gasteiger partial charge on any atom is -0.448 e. The lowest BCUT2D eigenvalue weighted by atomic mass is 10.2. The molecule has 1 N–H and O–H groups in total. The number of hydrogen-bond donors (Lipinski definition) is 1. The summed E-state index contributed by atoms with van der Waals surface area (Å²) in [6, 6.07) is 8.95. The van der Waals surface area contributed by atoms with Gasteiger partial charge in [0, 0.05) is 37.0 Å². The first kappa shape index (κ1) is 13.1. The summed E-state index contributed by atoms with van der Waals surface area (Å²) in [5, 5.41) is 2.85. The lowest BCUT2D eigenvalue weighted by Gasteiger charge is -2.21. The predicted molar refractivity (Wildman–Crippen MR) is 81.1 cm³/mol. The van der Waals surface area contributed by atoms with Gasteiger partial charge in [-0.2, -0.15) is 0 Å². The summed E-state index contributed by atoms with van der Waals surface area (Å²) in [4.78, 5) is 16.1. The largest absolute Gasteiger partial charge is 0.448 e. The Kier molecular flexibility index (Phi) is 2.99. The molecule has 5 heteroatoms. The highest BCUT2D eigenvalue weighted by molar-refractivity contribution is 6.04. The van der Waals surface area contributed by atoms with E-state index in [0.717, 1.165) is 31.4 Å². The molecule has 0 radical (unpaired) electrons. The van der Waals surface area contributed by atoms with Gasteiger partial charge in [0.1, 0.15) is 0 Å². The fraction of sp³-hybridized carbons (Fsp3) is 0.294. The van der Waals surface area contributed by atoms with Crippen molar-refractivity contribution >= 4 is 11.6 Å². The Labute approximate surface area is 128 Å². The number of anilines is 1. The van der Waals surface area contributed by atoms with E-state index in [0.29, 0.717) is 17.0 Å². The van der Waals surface area contributed by atoms with Crippen LogP contribution in [0.15, 0.2) is 42.7 Å². The van der Waals surface area contributed by atoms with Crippen molar-refractivity contribution in [3.8, 4) is 11.5 Å². The van der Waals surface area contributed by atoms with Crippen molar-refractivity contribution in [2.24, 2.45) is 0 Å². The summed E-state index contributed by atoms with van der Waals surface area (Å²) >= 11 is 0. The van der Waals surface area contributed by atoms with E-state index >= 15 is 0 Å². The normalized spacial score (nSPS) is 17.6. The predicted octanol–water partition coefficient (Wildman–Crippen LogP) is 3.38. The fourth-order valence-electron chi connectivity index (χ4n) is 2.99. The van der Waals surface area contributed by atoms with Crippen molar-refractivity contribution in [3.63, 3.8) is 0 Å². The molecule has 1 saturated carbocycles. The standard InChI is InChI=1S/C17H16N2O3/c20-16(12-4-3-9-18-11-12)19-13-5-6-14-15(10-13)22-17(21-14)7-1-2-8-17/h3-6,9-11H,1-2,7-8H2,(H,19,20). The summed E-state index contributed by atoms with van der Waals surface area (Å²) in [6.07, 6.45) is 7.25. The van der Waals surface area contributed by atoms with Gasteiger partial charge < -0.3 is 14.8 Å². The van der Waals surface area contributed by atoms with Crippen molar-refractivity contribution in [3.05, 3.63) is 48.3 Å². The number of nitrogens with zero attached hydrogens (tertiary/aromatic N) is 1. The molecule has 1 aromatic heterocycles. The molecule has 22 heavy (non-hydrogen) atoms. The number of carbonyl (C=O) groups excluding carboxylic acids is 1. The van der Waals surface area contributed by atoms with E-state index in [9.17, 15) is 4.79 Å². The number of pyridine rings is 1. The molecule has 4 rings (SSSR count). The van der Waals surface area contributed by atoms with Gasteiger partial charge in [-0.1, -0.05) is 0 Å². The van der Waals surface area contributed by atoms with Crippen LogP contribution in [0.4, 0.5) is 5.69 Å². The van der Waals surface area contributed by atoms with Crippen LogP contribution in [0.5, 0.6) is 11.5 Å². The van der Waals surface area contributed by atoms with E-state index in [2.05, 4.69) is 10.3 Å². The first-order chi connectivity index (χ1) is 10.7. The molecular formula is C17H16N2O3. The molecule has 2 aliphatic rings. The summed E-state index contributed by atoms with van der Waals surface area (Å²) < 4.78 is 12.0. The smallest absolute Gasteiger partial charge is 0.257 e. The zero-order valence-electron chi connectivity index (χ0n) is 12.0. The molecule has 2 heterocycles. The first-order valence-electron chi connectivity index (χ1n) is 7.48. The summed E-state index contributed by atoms with van der Waals surface area (Å²) in [5.74, 6) is 0.781. The van der Waals surface area contributed by atoms with Crippen LogP contribution >= 0.6 is 0 Å². The lowest BCUT2D eigenvalue weighted by Crippen LogP contribution is -2.34. The minimum absolute atomic E-state index is 0.192. The van der Waals surface area contributed by atoms with E-state index in [-0.39, 0.29) is 5.91 Å². The van der Waals surface area contributed by atoms with Crippen LogP contribution in [0, 0.1) is 0 Å². The van der Waals surface area contributed by atoms with Gasteiger partial charge in [-0.25, -0.2) is 0 Å². The first-order valence-corrected chi connectivity index (χ1v) is 7.48. The molecule has 0 saturated heterocycles. The van der Waals surface area contributed by atoms with E-state index in [1.165, 1.54) is 6.20 Å². The van der Waals surface area contributed by atoms with Crippen molar-refractivity contribution in [1.82, 2.24) is 4.98 Å². The van der Waals surface area contributed by atoms with Gasteiger partial charge >= 0.3 is 0 Å². The molecule has 1 spiro atoms. The highest BCUT2D eigenvalue weighted by atomic mass is 16.7. The van der Waals surface area contributed by atoms with Crippen LogP contribution in [0.2, 0.25) is 0 Å². The second kappa shape index (κ2) is 5.02. The number of carbonyl (C=O) groups is 1. The Bertz CT molecular complexity index is 709. The third kappa shape index (κ3) is 2.28. The van der Waals surface area contributed by atoms with Crippen molar-refractivity contribution in [1.29, 1.82) is 0 Å². The molecular weight excluding hydrogens is 280 g/mol. The average Bonchev–Trinajstić information content (AvgIpc) is 3.14. The maximum absolute atomic E-state index is 12.1. The number of amides is 1. The summed E-state index contributed by atoms with van der Waals surface area (Å²) in [6.45, 7) is 0. The second-order valence-electron chi connectivity index (χ2n) is 5.68. The molecule has 2 aromatic rings. The Hall–Kier alpha value is -2.56. The van der Waals surface area contributed by atoms with E-state index in [1.807, 2.05) is 18.2 Å². The van der Waals surface area contributed by atoms with Crippen LogP contribution in [0.1, 0.15) is 36.0 Å². The van der Waals surface area contributed by atoms with Crippen LogP contribution in [0.25, 0.3) is 0 Å². The van der Waals surface area contributed by atoms with Gasteiger partial charge in [0.15, 0.2) is 11.5 Å². The van der Waals surface area contributed by atoms with Gasteiger partial charge in [-0.05, 0) is 37.1 Å². The number of nitrogens with one attached hydrogen (secondary N) is 1.